The number of ether oxygens (including phenoxy) is 1. The maximum atomic E-state index is 5.83. The van der Waals surface area contributed by atoms with Gasteiger partial charge in [0.15, 0.2) is 0 Å². The highest BCUT2D eigenvalue weighted by atomic mass is 79.9. The van der Waals surface area contributed by atoms with E-state index in [0.717, 1.165) is 22.5 Å². The molecule has 0 bridgehead atoms. The van der Waals surface area contributed by atoms with E-state index in [2.05, 4.69) is 52.4 Å². The number of aryl methyl sites for hydroxylation is 1. The molecule has 0 spiro atoms. The molecule has 0 aliphatic carbocycles. The SMILES string of the molecule is Cc1cc(NCc2ccccc2OC(C)C)ccc1Br. The van der Waals surface area contributed by atoms with Crippen LogP contribution in [-0.4, -0.2) is 6.10 Å². The number of benzene rings is 2. The highest BCUT2D eigenvalue weighted by Gasteiger charge is 2.05. The van der Waals surface area contributed by atoms with Crippen molar-refractivity contribution in [1.82, 2.24) is 0 Å². The van der Waals surface area contributed by atoms with Gasteiger partial charge in [-0.15, -0.1) is 0 Å². The molecule has 2 nitrogen and oxygen atoms in total. The quantitative estimate of drug-likeness (QED) is 0.816. The van der Waals surface area contributed by atoms with E-state index >= 15 is 0 Å². The molecule has 20 heavy (non-hydrogen) atoms. The smallest absolute Gasteiger partial charge is 0.124 e. The van der Waals surface area contributed by atoms with Gasteiger partial charge in [-0.1, -0.05) is 34.1 Å². The molecule has 0 amide bonds. The summed E-state index contributed by atoms with van der Waals surface area (Å²) >= 11 is 3.52. The third-order valence-corrected chi connectivity index (χ3v) is 3.87. The first kappa shape index (κ1) is 14.9. The Hall–Kier alpha value is -1.48. The second-order valence-electron chi connectivity index (χ2n) is 5.09. The van der Waals surface area contributed by atoms with Gasteiger partial charge >= 0.3 is 0 Å². The summed E-state index contributed by atoms with van der Waals surface area (Å²) in [5.41, 5.74) is 3.51. The summed E-state index contributed by atoms with van der Waals surface area (Å²) in [5, 5.41) is 3.44. The van der Waals surface area contributed by atoms with E-state index in [1.807, 2.05) is 32.0 Å². The Bertz CT molecular complexity index is 581. The number of anilines is 1. The molecule has 0 saturated heterocycles. The fourth-order valence-electron chi connectivity index (χ4n) is 1.97. The summed E-state index contributed by atoms with van der Waals surface area (Å²) in [4.78, 5) is 0. The van der Waals surface area contributed by atoms with Crippen molar-refractivity contribution < 1.29 is 4.74 Å². The lowest BCUT2D eigenvalue weighted by molar-refractivity contribution is 0.240. The Balaban J connectivity index is 2.08. The Labute approximate surface area is 129 Å². The van der Waals surface area contributed by atoms with Crippen molar-refractivity contribution >= 4 is 21.6 Å². The van der Waals surface area contributed by atoms with Gasteiger partial charge in [-0.25, -0.2) is 0 Å². The zero-order valence-corrected chi connectivity index (χ0v) is 13.7. The zero-order chi connectivity index (χ0) is 14.5. The van der Waals surface area contributed by atoms with Crippen LogP contribution in [0.25, 0.3) is 0 Å². The summed E-state index contributed by atoms with van der Waals surface area (Å²) in [6.45, 7) is 6.93. The van der Waals surface area contributed by atoms with Crippen molar-refractivity contribution in [2.24, 2.45) is 0 Å². The highest BCUT2D eigenvalue weighted by Crippen LogP contribution is 2.23. The van der Waals surface area contributed by atoms with E-state index in [9.17, 15) is 0 Å². The first-order valence-electron chi connectivity index (χ1n) is 6.81. The molecule has 0 saturated carbocycles. The van der Waals surface area contributed by atoms with Gasteiger partial charge in [0.2, 0.25) is 0 Å². The normalized spacial score (nSPS) is 10.7. The molecule has 0 atom stereocenters. The van der Waals surface area contributed by atoms with Crippen molar-refractivity contribution in [2.75, 3.05) is 5.32 Å². The largest absolute Gasteiger partial charge is 0.491 e. The number of halogens is 1. The Morgan fingerprint density at radius 3 is 2.60 bits per heavy atom. The van der Waals surface area contributed by atoms with Crippen molar-refractivity contribution in [1.29, 1.82) is 0 Å². The van der Waals surface area contributed by atoms with Crippen LogP contribution < -0.4 is 10.1 Å². The Morgan fingerprint density at radius 1 is 1.15 bits per heavy atom. The molecule has 0 heterocycles. The molecule has 0 fully saturated rings. The van der Waals surface area contributed by atoms with Crippen LogP contribution in [0.2, 0.25) is 0 Å². The molecular formula is C17H20BrNO. The van der Waals surface area contributed by atoms with Gasteiger partial charge in [0.1, 0.15) is 5.75 Å². The van der Waals surface area contributed by atoms with Crippen LogP contribution in [0.3, 0.4) is 0 Å². The highest BCUT2D eigenvalue weighted by molar-refractivity contribution is 9.10. The Morgan fingerprint density at radius 2 is 1.90 bits per heavy atom. The average Bonchev–Trinajstić information content (AvgIpc) is 2.41. The first-order chi connectivity index (χ1) is 9.56. The minimum atomic E-state index is 0.186. The van der Waals surface area contributed by atoms with E-state index in [0.29, 0.717) is 0 Å². The third-order valence-electron chi connectivity index (χ3n) is 2.98. The van der Waals surface area contributed by atoms with Crippen molar-refractivity contribution in [2.45, 2.75) is 33.4 Å². The van der Waals surface area contributed by atoms with Crippen molar-refractivity contribution in [3.05, 3.63) is 58.1 Å². The van der Waals surface area contributed by atoms with Crippen molar-refractivity contribution in [3.8, 4) is 5.75 Å². The van der Waals surface area contributed by atoms with Crippen LogP contribution in [0.4, 0.5) is 5.69 Å². The maximum Gasteiger partial charge on any atom is 0.124 e. The molecule has 0 aliphatic rings. The van der Waals surface area contributed by atoms with Crippen LogP contribution >= 0.6 is 15.9 Å². The van der Waals surface area contributed by atoms with Crippen LogP contribution in [0.15, 0.2) is 46.9 Å². The van der Waals surface area contributed by atoms with E-state index in [1.165, 1.54) is 11.1 Å². The fraction of sp³-hybridized carbons (Fsp3) is 0.294. The van der Waals surface area contributed by atoms with Gasteiger partial charge in [0.05, 0.1) is 6.10 Å². The number of rotatable bonds is 5. The summed E-state index contributed by atoms with van der Waals surface area (Å²) in [6.07, 6.45) is 0.186. The maximum absolute atomic E-state index is 5.83. The van der Waals surface area contributed by atoms with Gasteiger partial charge in [-0.05, 0) is 50.6 Å². The number of hydrogen-bond acceptors (Lipinski definition) is 2. The van der Waals surface area contributed by atoms with Gasteiger partial charge < -0.3 is 10.1 Å². The van der Waals surface area contributed by atoms with Gasteiger partial charge in [0, 0.05) is 22.3 Å². The lowest BCUT2D eigenvalue weighted by Crippen LogP contribution is -2.09. The minimum Gasteiger partial charge on any atom is -0.491 e. The van der Waals surface area contributed by atoms with Gasteiger partial charge in [-0.3, -0.25) is 0 Å². The van der Waals surface area contributed by atoms with Gasteiger partial charge in [0.25, 0.3) is 0 Å². The molecule has 0 radical (unpaired) electrons. The molecular weight excluding hydrogens is 314 g/mol. The predicted octanol–water partition coefficient (Wildman–Crippen LogP) is 5.16. The molecule has 0 aliphatic heterocycles. The van der Waals surface area contributed by atoms with E-state index in [4.69, 9.17) is 4.74 Å². The molecule has 2 aromatic rings. The number of nitrogens with one attached hydrogen (secondary N) is 1. The standard InChI is InChI=1S/C17H20BrNO/c1-12(2)20-17-7-5-4-6-14(17)11-19-15-8-9-16(18)13(3)10-15/h4-10,12,19H,11H2,1-3H3. The minimum absolute atomic E-state index is 0.186. The van der Waals surface area contributed by atoms with E-state index in [1.54, 1.807) is 0 Å². The molecule has 1 N–H and O–H groups in total. The van der Waals surface area contributed by atoms with Crippen LogP contribution in [0.5, 0.6) is 5.75 Å². The summed E-state index contributed by atoms with van der Waals surface area (Å²) in [7, 11) is 0. The molecule has 3 heteroatoms. The topological polar surface area (TPSA) is 21.3 Å². The Kier molecular flexibility index (Phi) is 5.07. The van der Waals surface area contributed by atoms with Crippen molar-refractivity contribution in [3.63, 3.8) is 0 Å². The second kappa shape index (κ2) is 6.80. The van der Waals surface area contributed by atoms with E-state index < -0.39 is 0 Å². The lowest BCUT2D eigenvalue weighted by atomic mass is 10.1. The fourth-order valence-corrected chi connectivity index (χ4v) is 2.22. The lowest BCUT2D eigenvalue weighted by Gasteiger charge is -2.15. The zero-order valence-electron chi connectivity index (χ0n) is 12.1. The van der Waals surface area contributed by atoms with Crippen LogP contribution in [0, 0.1) is 6.92 Å². The molecule has 2 aromatic carbocycles. The number of para-hydroxylation sites is 1. The summed E-state index contributed by atoms with van der Waals surface area (Å²) in [5.74, 6) is 0.948. The predicted molar refractivity (Wildman–Crippen MR) is 88.4 cm³/mol. The van der Waals surface area contributed by atoms with Gasteiger partial charge in [-0.2, -0.15) is 0 Å². The first-order valence-corrected chi connectivity index (χ1v) is 7.60. The summed E-state index contributed by atoms with van der Waals surface area (Å²) in [6, 6.07) is 14.4. The van der Waals surface area contributed by atoms with Crippen LogP contribution in [-0.2, 0) is 6.54 Å². The third kappa shape index (κ3) is 4.01. The average molecular weight is 334 g/mol. The molecule has 106 valence electrons. The number of hydrogen-bond donors (Lipinski definition) is 1. The monoisotopic (exact) mass is 333 g/mol. The molecule has 0 unspecified atom stereocenters. The van der Waals surface area contributed by atoms with Crippen LogP contribution in [0.1, 0.15) is 25.0 Å². The van der Waals surface area contributed by atoms with E-state index in [-0.39, 0.29) is 6.10 Å². The second-order valence-corrected chi connectivity index (χ2v) is 5.95. The molecule has 0 aromatic heterocycles. The summed E-state index contributed by atoms with van der Waals surface area (Å²) < 4.78 is 6.96. The molecule has 2 rings (SSSR count).